The van der Waals surface area contributed by atoms with Crippen LogP contribution in [0.25, 0.3) is 0 Å². The molecule has 1 rings (SSSR count). The molecule has 0 radical (unpaired) electrons. The molecular formula is C14H21NO2. The molecule has 17 heavy (non-hydrogen) atoms. The van der Waals surface area contributed by atoms with Crippen molar-refractivity contribution in [2.24, 2.45) is 0 Å². The van der Waals surface area contributed by atoms with E-state index in [-0.39, 0.29) is 5.75 Å². The number of ether oxygens (including phenoxy) is 1. The fourth-order valence-corrected chi connectivity index (χ4v) is 1.61. The summed E-state index contributed by atoms with van der Waals surface area (Å²) in [6, 6.07) is 3.60. The zero-order valence-corrected chi connectivity index (χ0v) is 11.0. The van der Waals surface area contributed by atoms with Gasteiger partial charge in [0.2, 0.25) is 0 Å². The highest BCUT2D eigenvalue weighted by Crippen LogP contribution is 2.32. The number of phenolic OH excluding ortho intramolecular Hbond substituents is 1. The molecule has 0 unspecified atom stereocenters. The van der Waals surface area contributed by atoms with Crippen LogP contribution in [0.2, 0.25) is 0 Å². The van der Waals surface area contributed by atoms with Crippen LogP contribution in [-0.4, -0.2) is 18.8 Å². The summed E-state index contributed by atoms with van der Waals surface area (Å²) in [6.07, 6.45) is 2.95. The third-order valence-electron chi connectivity index (χ3n) is 2.50. The molecule has 2 N–H and O–H groups in total. The molecule has 0 atom stereocenters. The Labute approximate surface area is 103 Å². The number of aromatic hydroxyl groups is 1. The average molecular weight is 235 g/mol. The lowest BCUT2D eigenvalue weighted by atomic mass is 10.1. The van der Waals surface area contributed by atoms with E-state index in [0.29, 0.717) is 0 Å². The summed E-state index contributed by atoms with van der Waals surface area (Å²) in [6.45, 7) is 6.91. The van der Waals surface area contributed by atoms with E-state index in [1.165, 1.54) is 5.57 Å². The van der Waals surface area contributed by atoms with Crippen LogP contribution in [0, 0.1) is 0 Å². The largest absolute Gasteiger partial charge is 0.506 e. The van der Waals surface area contributed by atoms with Crippen LogP contribution >= 0.6 is 0 Å². The zero-order valence-electron chi connectivity index (χ0n) is 11.0. The first-order valence-corrected chi connectivity index (χ1v) is 5.85. The van der Waals surface area contributed by atoms with E-state index in [1.54, 1.807) is 13.2 Å². The number of phenols is 1. The van der Waals surface area contributed by atoms with Crippen molar-refractivity contribution in [2.75, 3.05) is 19.0 Å². The van der Waals surface area contributed by atoms with Gasteiger partial charge in [-0.05, 0) is 33.3 Å². The number of methoxy groups -OCH3 is 1. The third-order valence-corrected chi connectivity index (χ3v) is 2.50. The van der Waals surface area contributed by atoms with Crippen molar-refractivity contribution in [1.29, 1.82) is 0 Å². The maximum absolute atomic E-state index is 9.80. The van der Waals surface area contributed by atoms with Gasteiger partial charge in [0, 0.05) is 18.2 Å². The van der Waals surface area contributed by atoms with Crippen molar-refractivity contribution in [2.45, 2.75) is 27.2 Å². The van der Waals surface area contributed by atoms with Gasteiger partial charge < -0.3 is 15.2 Å². The number of rotatable bonds is 5. The SMILES string of the molecule is CCNc1cc(CC=C(C)C)c(OC)cc1O. The average Bonchev–Trinajstić information content (AvgIpc) is 2.29. The molecule has 0 saturated carbocycles. The molecule has 0 saturated heterocycles. The molecule has 0 spiro atoms. The summed E-state index contributed by atoms with van der Waals surface area (Å²) in [5.74, 6) is 0.950. The first kappa shape index (κ1) is 13.4. The van der Waals surface area contributed by atoms with Gasteiger partial charge in [-0.25, -0.2) is 0 Å². The Hall–Kier alpha value is -1.64. The number of benzene rings is 1. The van der Waals surface area contributed by atoms with E-state index in [0.717, 1.165) is 30.0 Å². The summed E-state index contributed by atoms with van der Waals surface area (Å²) >= 11 is 0. The van der Waals surface area contributed by atoms with Crippen LogP contribution in [0.15, 0.2) is 23.8 Å². The first-order chi connectivity index (χ1) is 8.08. The smallest absolute Gasteiger partial charge is 0.142 e. The molecule has 0 aliphatic rings. The van der Waals surface area contributed by atoms with E-state index >= 15 is 0 Å². The highest BCUT2D eigenvalue weighted by atomic mass is 16.5. The minimum atomic E-state index is 0.227. The van der Waals surface area contributed by atoms with Crippen LogP contribution in [-0.2, 0) is 6.42 Å². The van der Waals surface area contributed by atoms with Gasteiger partial charge in [-0.2, -0.15) is 0 Å². The number of hydrogen-bond donors (Lipinski definition) is 2. The molecule has 0 aliphatic carbocycles. The van der Waals surface area contributed by atoms with E-state index in [2.05, 4.69) is 25.2 Å². The van der Waals surface area contributed by atoms with Crippen LogP contribution in [0.5, 0.6) is 11.5 Å². The molecule has 1 aromatic rings. The molecule has 0 amide bonds. The van der Waals surface area contributed by atoms with E-state index in [1.807, 2.05) is 13.0 Å². The molecule has 3 heteroatoms. The Morgan fingerprint density at radius 1 is 1.41 bits per heavy atom. The maximum Gasteiger partial charge on any atom is 0.142 e. The van der Waals surface area contributed by atoms with Gasteiger partial charge in [-0.3, -0.25) is 0 Å². The van der Waals surface area contributed by atoms with Crippen LogP contribution in [0.3, 0.4) is 0 Å². The molecule has 94 valence electrons. The molecule has 0 fully saturated rings. The van der Waals surface area contributed by atoms with E-state index in [9.17, 15) is 5.11 Å². The topological polar surface area (TPSA) is 41.5 Å². The summed E-state index contributed by atoms with van der Waals surface area (Å²) in [5.41, 5.74) is 3.10. The Balaban J connectivity index is 3.07. The van der Waals surface area contributed by atoms with Crippen LogP contribution in [0.1, 0.15) is 26.3 Å². The summed E-state index contributed by atoms with van der Waals surface area (Å²) in [7, 11) is 1.62. The number of hydrogen-bond acceptors (Lipinski definition) is 3. The van der Waals surface area contributed by atoms with Gasteiger partial charge in [0.05, 0.1) is 12.8 Å². The second-order valence-corrected chi connectivity index (χ2v) is 4.20. The fourth-order valence-electron chi connectivity index (χ4n) is 1.61. The first-order valence-electron chi connectivity index (χ1n) is 5.85. The Kier molecular flexibility index (Phi) is 4.88. The van der Waals surface area contributed by atoms with Crippen LogP contribution < -0.4 is 10.1 Å². The van der Waals surface area contributed by atoms with Gasteiger partial charge in [0.15, 0.2) is 0 Å². The molecule has 0 aliphatic heterocycles. The highest BCUT2D eigenvalue weighted by molar-refractivity contribution is 5.61. The summed E-state index contributed by atoms with van der Waals surface area (Å²) < 4.78 is 5.27. The fraction of sp³-hybridized carbons (Fsp3) is 0.429. The number of allylic oxidation sites excluding steroid dienone is 2. The van der Waals surface area contributed by atoms with E-state index in [4.69, 9.17) is 4.74 Å². The van der Waals surface area contributed by atoms with Crippen molar-refractivity contribution in [1.82, 2.24) is 0 Å². The molecule has 0 aromatic heterocycles. The van der Waals surface area contributed by atoms with Crippen molar-refractivity contribution in [3.63, 3.8) is 0 Å². The molecule has 0 bridgehead atoms. The van der Waals surface area contributed by atoms with Crippen molar-refractivity contribution in [3.05, 3.63) is 29.3 Å². The minimum Gasteiger partial charge on any atom is -0.506 e. The lowest BCUT2D eigenvalue weighted by Gasteiger charge is -2.12. The molecule has 3 nitrogen and oxygen atoms in total. The Morgan fingerprint density at radius 3 is 2.65 bits per heavy atom. The van der Waals surface area contributed by atoms with E-state index < -0.39 is 0 Å². The highest BCUT2D eigenvalue weighted by Gasteiger charge is 2.08. The van der Waals surface area contributed by atoms with Crippen molar-refractivity contribution < 1.29 is 9.84 Å². The normalized spacial score (nSPS) is 9.88. The van der Waals surface area contributed by atoms with Gasteiger partial charge in [0.1, 0.15) is 11.5 Å². The predicted octanol–water partition coefficient (Wildman–Crippen LogP) is 3.34. The third kappa shape index (κ3) is 3.70. The molecule has 0 heterocycles. The van der Waals surface area contributed by atoms with Gasteiger partial charge in [-0.15, -0.1) is 0 Å². The quantitative estimate of drug-likeness (QED) is 0.607. The minimum absolute atomic E-state index is 0.227. The Bertz CT molecular complexity index is 407. The zero-order chi connectivity index (χ0) is 12.8. The molecule has 1 aromatic carbocycles. The number of nitrogens with one attached hydrogen (secondary N) is 1. The van der Waals surface area contributed by atoms with Gasteiger partial charge in [-0.1, -0.05) is 11.6 Å². The van der Waals surface area contributed by atoms with Crippen molar-refractivity contribution >= 4 is 5.69 Å². The molecular weight excluding hydrogens is 214 g/mol. The summed E-state index contributed by atoms with van der Waals surface area (Å²) in [4.78, 5) is 0. The lowest BCUT2D eigenvalue weighted by Crippen LogP contribution is -1.99. The second-order valence-electron chi connectivity index (χ2n) is 4.20. The van der Waals surface area contributed by atoms with Crippen molar-refractivity contribution in [3.8, 4) is 11.5 Å². The second kappa shape index (κ2) is 6.18. The lowest BCUT2D eigenvalue weighted by molar-refractivity contribution is 0.404. The maximum atomic E-state index is 9.80. The number of anilines is 1. The van der Waals surface area contributed by atoms with Gasteiger partial charge >= 0.3 is 0 Å². The van der Waals surface area contributed by atoms with Crippen LogP contribution in [0.4, 0.5) is 5.69 Å². The Morgan fingerprint density at radius 2 is 2.12 bits per heavy atom. The monoisotopic (exact) mass is 235 g/mol. The standard InChI is InChI=1S/C14H21NO2/c1-5-15-12-8-11(7-6-10(2)3)14(17-4)9-13(12)16/h6,8-9,15-16H,5,7H2,1-4H3. The van der Waals surface area contributed by atoms with Gasteiger partial charge in [0.25, 0.3) is 0 Å². The predicted molar refractivity (Wildman–Crippen MR) is 72.0 cm³/mol. The summed E-state index contributed by atoms with van der Waals surface area (Å²) in [5, 5.41) is 12.9.